The van der Waals surface area contributed by atoms with E-state index in [-0.39, 0.29) is 0 Å². The molecule has 2 rings (SSSR count). The molecule has 1 unspecified atom stereocenters. The minimum absolute atomic E-state index is 0.337. The van der Waals surface area contributed by atoms with Gasteiger partial charge in [-0.1, -0.05) is 45.7 Å². The smallest absolute Gasteiger partial charge is 0.138 e. The van der Waals surface area contributed by atoms with E-state index < -0.39 is 0 Å². The van der Waals surface area contributed by atoms with Gasteiger partial charge in [-0.2, -0.15) is 5.10 Å². The lowest BCUT2D eigenvalue weighted by Gasteiger charge is -2.16. The second kappa shape index (κ2) is 7.23. The molecule has 2 aromatic rings. The molecule has 0 aliphatic carbocycles. The van der Waals surface area contributed by atoms with E-state index in [1.807, 2.05) is 22.9 Å². The van der Waals surface area contributed by atoms with Crippen molar-refractivity contribution >= 4 is 27.5 Å². The molecule has 1 heterocycles. The van der Waals surface area contributed by atoms with Crippen LogP contribution in [-0.2, 0) is 12.8 Å². The first-order valence-corrected chi connectivity index (χ1v) is 8.29. The maximum Gasteiger partial charge on any atom is 0.138 e. The van der Waals surface area contributed by atoms with Crippen LogP contribution in [0.1, 0.15) is 31.3 Å². The van der Waals surface area contributed by atoms with Crippen molar-refractivity contribution in [3.05, 3.63) is 47.0 Å². The summed E-state index contributed by atoms with van der Waals surface area (Å²) < 4.78 is 1.99. The maximum absolute atomic E-state index is 6.24. The number of rotatable bonds is 6. The largest absolute Gasteiger partial charge is 0.248 e. The van der Waals surface area contributed by atoms with Gasteiger partial charge in [0, 0.05) is 22.8 Å². The summed E-state index contributed by atoms with van der Waals surface area (Å²) in [6, 6.07) is 8.36. The summed E-state index contributed by atoms with van der Waals surface area (Å²) in [4.78, 5) is 4.39. The Kier molecular flexibility index (Phi) is 5.61. The number of nitrogens with zero attached hydrogens (tertiary/aromatic N) is 3. The summed E-state index contributed by atoms with van der Waals surface area (Å²) >= 11 is 9.85. The van der Waals surface area contributed by atoms with Crippen molar-refractivity contribution in [1.82, 2.24) is 14.8 Å². The first kappa shape index (κ1) is 15.5. The molecule has 0 radical (unpaired) electrons. The molecule has 1 atom stereocenters. The lowest BCUT2D eigenvalue weighted by molar-refractivity contribution is 0.473. The van der Waals surface area contributed by atoms with Crippen molar-refractivity contribution in [1.29, 1.82) is 0 Å². The van der Waals surface area contributed by atoms with Gasteiger partial charge in [0.1, 0.15) is 12.2 Å². The van der Waals surface area contributed by atoms with Crippen LogP contribution >= 0.6 is 27.5 Å². The maximum atomic E-state index is 6.24. The summed E-state index contributed by atoms with van der Waals surface area (Å²) in [5.41, 5.74) is 1.19. The Bertz CT molecular complexity index is 554. The molecule has 0 amide bonds. The molecule has 0 aliphatic heterocycles. The van der Waals surface area contributed by atoms with Gasteiger partial charge in [-0.15, -0.1) is 0 Å². The van der Waals surface area contributed by atoms with Crippen LogP contribution in [0, 0.1) is 5.92 Å². The summed E-state index contributed by atoms with van der Waals surface area (Å²) in [7, 11) is 0. The zero-order valence-electron chi connectivity index (χ0n) is 11.8. The molecule has 108 valence electrons. The molecule has 0 saturated heterocycles. The monoisotopic (exact) mass is 355 g/mol. The molecule has 5 heteroatoms. The summed E-state index contributed by atoms with van der Waals surface area (Å²) in [5, 5.41) is 6.05. The first-order chi connectivity index (χ1) is 9.61. The highest BCUT2D eigenvalue weighted by atomic mass is 79.9. The third-order valence-corrected chi connectivity index (χ3v) is 4.58. The standard InChI is InChI=1S/C15H19BrClN3/c1-11(2)20-15(18-10-19-20)8-12(9-16)7-13-5-3-4-6-14(13)17/h3-6,10-12H,7-9H2,1-2H3. The highest BCUT2D eigenvalue weighted by molar-refractivity contribution is 9.09. The van der Waals surface area contributed by atoms with Gasteiger partial charge in [0.25, 0.3) is 0 Å². The predicted octanol–water partition coefficient (Wildman–Crippen LogP) is 4.31. The lowest BCUT2D eigenvalue weighted by Crippen LogP contribution is -2.16. The Balaban J connectivity index is 2.10. The topological polar surface area (TPSA) is 30.7 Å². The quantitative estimate of drug-likeness (QED) is 0.722. The highest BCUT2D eigenvalue weighted by Gasteiger charge is 2.16. The van der Waals surface area contributed by atoms with Gasteiger partial charge in [-0.25, -0.2) is 9.67 Å². The van der Waals surface area contributed by atoms with Crippen molar-refractivity contribution in [2.24, 2.45) is 5.92 Å². The van der Waals surface area contributed by atoms with Crippen LogP contribution in [0.5, 0.6) is 0 Å². The molecule has 1 aromatic carbocycles. The van der Waals surface area contributed by atoms with Crippen LogP contribution in [0.25, 0.3) is 0 Å². The molecule has 3 nitrogen and oxygen atoms in total. The second-order valence-corrected chi connectivity index (χ2v) is 6.29. The minimum Gasteiger partial charge on any atom is -0.248 e. The van der Waals surface area contributed by atoms with Crippen LogP contribution in [-0.4, -0.2) is 20.1 Å². The third kappa shape index (κ3) is 3.83. The molecule has 0 fully saturated rings. The Morgan fingerprint density at radius 3 is 2.65 bits per heavy atom. The second-order valence-electron chi connectivity index (χ2n) is 5.23. The van der Waals surface area contributed by atoms with Crippen LogP contribution in [0.4, 0.5) is 0 Å². The van der Waals surface area contributed by atoms with Crippen LogP contribution in [0.2, 0.25) is 5.02 Å². The molecule has 0 spiro atoms. The van der Waals surface area contributed by atoms with E-state index in [4.69, 9.17) is 11.6 Å². The fourth-order valence-electron chi connectivity index (χ4n) is 2.27. The first-order valence-electron chi connectivity index (χ1n) is 6.79. The van der Waals surface area contributed by atoms with Crippen molar-refractivity contribution in [2.45, 2.75) is 32.7 Å². The average molecular weight is 357 g/mol. The average Bonchev–Trinajstić information content (AvgIpc) is 2.88. The lowest BCUT2D eigenvalue weighted by atomic mass is 9.97. The van der Waals surface area contributed by atoms with Crippen LogP contribution in [0.3, 0.4) is 0 Å². The van der Waals surface area contributed by atoms with E-state index in [1.165, 1.54) is 5.56 Å². The molecule has 0 saturated carbocycles. The van der Waals surface area contributed by atoms with Gasteiger partial charge in [0.05, 0.1) is 0 Å². The highest BCUT2D eigenvalue weighted by Crippen LogP contribution is 2.22. The van der Waals surface area contributed by atoms with Crippen LogP contribution in [0.15, 0.2) is 30.6 Å². The fraction of sp³-hybridized carbons (Fsp3) is 0.467. The van der Waals surface area contributed by atoms with E-state index >= 15 is 0 Å². The SMILES string of the molecule is CC(C)n1ncnc1CC(CBr)Cc1ccccc1Cl. The van der Waals surface area contributed by atoms with Crippen molar-refractivity contribution < 1.29 is 0 Å². The van der Waals surface area contributed by atoms with E-state index in [0.29, 0.717) is 12.0 Å². The molecule has 0 aliphatic rings. The van der Waals surface area contributed by atoms with Crippen molar-refractivity contribution in [3.8, 4) is 0 Å². The molecule has 0 N–H and O–H groups in total. The summed E-state index contributed by atoms with van der Waals surface area (Å²) in [6.07, 6.45) is 3.47. The van der Waals surface area contributed by atoms with E-state index in [9.17, 15) is 0 Å². The van der Waals surface area contributed by atoms with Gasteiger partial charge in [0.2, 0.25) is 0 Å². The van der Waals surface area contributed by atoms with Gasteiger partial charge >= 0.3 is 0 Å². The fourth-order valence-corrected chi connectivity index (χ4v) is 2.94. The predicted molar refractivity (Wildman–Crippen MR) is 86.6 cm³/mol. The summed E-state index contributed by atoms with van der Waals surface area (Å²) in [5.74, 6) is 1.49. The zero-order chi connectivity index (χ0) is 14.5. The van der Waals surface area contributed by atoms with E-state index in [0.717, 1.165) is 29.0 Å². The number of alkyl halides is 1. The van der Waals surface area contributed by atoms with Gasteiger partial charge in [0.15, 0.2) is 0 Å². The Labute approximate surface area is 133 Å². The minimum atomic E-state index is 0.337. The molecule has 20 heavy (non-hydrogen) atoms. The third-order valence-electron chi connectivity index (χ3n) is 3.29. The molecular formula is C15H19BrClN3. The van der Waals surface area contributed by atoms with Crippen molar-refractivity contribution in [3.63, 3.8) is 0 Å². The molecule has 0 bridgehead atoms. The number of aromatic nitrogens is 3. The Hall–Kier alpha value is -0.870. The number of hydrogen-bond acceptors (Lipinski definition) is 2. The summed E-state index contributed by atoms with van der Waals surface area (Å²) in [6.45, 7) is 4.24. The molecule has 1 aromatic heterocycles. The number of halogens is 2. The van der Waals surface area contributed by atoms with E-state index in [2.05, 4.69) is 45.9 Å². The van der Waals surface area contributed by atoms with Gasteiger partial charge in [-0.05, 0) is 37.8 Å². The number of hydrogen-bond donors (Lipinski definition) is 0. The van der Waals surface area contributed by atoms with Crippen LogP contribution < -0.4 is 0 Å². The van der Waals surface area contributed by atoms with E-state index in [1.54, 1.807) is 6.33 Å². The normalized spacial score (nSPS) is 12.8. The van der Waals surface area contributed by atoms with Gasteiger partial charge < -0.3 is 0 Å². The molecular weight excluding hydrogens is 338 g/mol. The number of benzene rings is 1. The van der Waals surface area contributed by atoms with Crippen molar-refractivity contribution in [2.75, 3.05) is 5.33 Å². The van der Waals surface area contributed by atoms with Gasteiger partial charge in [-0.3, -0.25) is 0 Å². The Morgan fingerprint density at radius 1 is 1.25 bits per heavy atom. The zero-order valence-corrected chi connectivity index (χ0v) is 14.1. The Morgan fingerprint density at radius 2 is 2.00 bits per heavy atom.